The lowest BCUT2D eigenvalue weighted by Crippen LogP contribution is -2.45. The van der Waals surface area contributed by atoms with Gasteiger partial charge < -0.3 is 9.84 Å². The fraction of sp³-hybridized carbons (Fsp3) is 0.450. The van der Waals surface area contributed by atoms with Gasteiger partial charge in [-0.15, -0.1) is 0 Å². The average molecular weight is 408 g/mol. The first kappa shape index (κ1) is 21.0. The first-order valence-electron chi connectivity index (χ1n) is 9.03. The zero-order valence-electron chi connectivity index (χ0n) is 15.7. The molecule has 2 aliphatic rings. The molecule has 6 nitrogen and oxygen atoms in total. The highest BCUT2D eigenvalue weighted by Gasteiger charge is 2.57. The minimum Gasteiger partial charge on any atom is -0.396 e. The molecule has 9 heteroatoms. The summed E-state index contributed by atoms with van der Waals surface area (Å²) in [6.45, 7) is 2.96. The summed E-state index contributed by atoms with van der Waals surface area (Å²) in [6, 6.07) is 4.19. The smallest absolute Gasteiger partial charge is 0.396 e. The Morgan fingerprint density at radius 3 is 2.48 bits per heavy atom. The molecule has 0 bridgehead atoms. The molecule has 0 saturated carbocycles. The molecule has 0 spiro atoms. The number of alkyl halides is 3. The Kier molecular flexibility index (Phi) is 5.28. The van der Waals surface area contributed by atoms with Crippen molar-refractivity contribution in [1.29, 1.82) is 5.26 Å². The van der Waals surface area contributed by atoms with Gasteiger partial charge in [0.05, 0.1) is 40.8 Å². The molecule has 0 aromatic heterocycles. The minimum atomic E-state index is -4.82. The number of rotatable bonds is 4. The van der Waals surface area contributed by atoms with Gasteiger partial charge in [-0.3, -0.25) is 9.59 Å². The summed E-state index contributed by atoms with van der Waals surface area (Å²) >= 11 is 0. The maximum atomic E-state index is 13.3. The fourth-order valence-corrected chi connectivity index (χ4v) is 4.07. The molecule has 2 unspecified atom stereocenters. The van der Waals surface area contributed by atoms with E-state index in [2.05, 4.69) is 0 Å². The Morgan fingerprint density at radius 2 is 1.97 bits per heavy atom. The van der Waals surface area contributed by atoms with E-state index in [1.54, 1.807) is 19.1 Å². The molecule has 1 aromatic rings. The number of hydrogen-bond donors (Lipinski definition) is 1. The number of aliphatic hydroxyl groups is 1. The zero-order valence-corrected chi connectivity index (χ0v) is 15.7. The summed E-state index contributed by atoms with van der Waals surface area (Å²) < 4.78 is 45.8. The van der Waals surface area contributed by atoms with Gasteiger partial charge in [-0.05, 0) is 25.1 Å². The molecule has 1 N–H and O–H groups in total. The molecular weight excluding hydrogens is 389 g/mol. The van der Waals surface area contributed by atoms with Gasteiger partial charge in [-0.25, -0.2) is 4.90 Å². The van der Waals surface area contributed by atoms with E-state index in [-0.39, 0.29) is 24.8 Å². The van der Waals surface area contributed by atoms with E-state index in [0.29, 0.717) is 11.0 Å². The van der Waals surface area contributed by atoms with Crippen LogP contribution in [0.15, 0.2) is 30.4 Å². The third kappa shape index (κ3) is 3.43. The van der Waals surface area contributed by atoms with Crippen molar-refractivity contribution in [3.8, 4) is 6.07 Å². The summed E-state index contributed by atoms with van der Waals surface area (Å²) in [7, 11) is 0. The molecule has 154 valence electrons. The molecular formula is C20H19F3N2O4. The predicted molar refractivity (Wildman–Crippen MR) is 95.4 cm³/mol. The van der Waals surface area contributed by atoms with Crippen LogP contribution in [-0.4, -0.2) is 35.2 Å². The number of anilines is 1. The molecule has 2 aliphatic heterocycles. The van der Waals surface area contributed by atoms with E-state index >= 15 is 0 Å². The summed E-state index contributed by atoms with van der Waals surface area (Å²) in [5.41, 5.74) is -3.29. The zero-order chi connectivity index (χ0) is 21.6. The number of hydrogen-bond acceptors (Lipinski definition) is 5. The lowest BCUT2D eigenvalue weighted by Gasteiger charge is -2.34. The van der Waals surface area contributed by atoms with E-state index < -0.39 is 46.6 Å². The molecule has 0 radical (unpaired) electrons. The number of nitriles is 1. The highest BCUT2D eigenvalue weighted by molar-refractivity contribution is 6.22. The van der Waals surface area contributed by atoms with E-state index in [4.69, 9.17) is 10.00 Å². The number of carbonyl (C=O) groups excluding carboxylic acids is 2. The van der Waals surface area contributed by atoms with E-state index in [0.717, 1.165) is 12.1 Å². The number of amides is 2. The Bertz CT molecular complexity index is 921. The Labute approximate surface area is 165 Å². The fourth-order valence-electron chi connectivity index (χ4n) is 4.07. The number of imide groups is 1. The molecule has 3 rings (SSSR count). The van der Waals surface area contributed by atoms with E-state index in [1.807, 2.05) is 0 Å². The van der Waals surface area contributed by atoms with Gasteiger partial charge >= 0.3 is 6.18 Å². The molecule has 2 amide bonds. The monoisotopic (exact) mass is 408 g/mol. The molecule has 2 heterocycles. The van der Waals surface area contributed by atoms with Crippen LogP contribution in [0.25, 0.3) is 0 Å². The van der Waals surface area contributed by atoms with E-state index in [1.165, 1.54) is 13.0 Å². The maximum absolute atomic E-state index is 13.3. The van der Waals surface area contributed by atoms with Crippen LogP contribution in [-0.2, 0) is 20.5 Å². The normalized spacial score (nSPS) is 29.6. The number of nitrogens with zero attached hydrogens (tertiary/aromatic N) is 2. The Morgan fingerprint density at radius 1 is 1.28 bits per heavy atom. The third-order valence-corrected chi connectivity index (χ3v) is 5.37. The van der Waals surface area contributed by atoms with Crippen LogP contribution < -0.4 is 4.90 Å². The Hall–Kier alpha value is -2.70. The highest BCUT2D eigenvalue weighted by atomic mass is 19.4. The minimum absolute atomic E-state index is 0.0663. The molecule has 0 aliphatic carbocycles. The molecule has 29 heavy (non-hydrogen) atoms. The quantitative estimate of drug-likeness (QED) is 0.611. The molecule has 1 fully saturated rings. The van der Waals surface area contributed by atoms with Crippen molar-refractivity contribution in [3.63, 3.8) is 0 Å². The van der Waals surface area contributed by atoms with E-state index in [9.17, 15) is 27.9 Å². The molecule has 1 saturated heterocycles. The number of aliphatic hydroxyl groups excluding tert-OH is 1. The van der Waals surface area contributed by atoms with Crippen LogP contribution >= 0.6 is 0 Å². The topological polar surface area (TPSA) is 90.6 Å². The number of ether oxygens (including phenoxy) is 1. The van der Waals surface area contributed by atoms with Crippen LogP contribution in [0.4, 0.5) is 18.9 Å². The lowest BCUT2D eigenvalue weighted by atomic mass is 9.78. The van der Waals surface area contributed by atoms with Gasteiger partial charge in [0.25, 0.3) is 0 Å². The highest BCUT2D eigenvalue weighted by Crippen LogP contribution is 2.45. The number of carbonyl (C=O) groups is 2. The maximum Gasteiger partial charge on any atom is 0.417 e. The van der Waals surface area contributed by atoms with Gasteiger partial charge in [0, 0.05) is 13.0 Å². The molecule has 4 atom stereocenters. The van der Waals surface area contributed by atoms with Crippen LogP contribution in [0.5, 0.6) is 0 Å². The van der Waals surface area contributed by atoms with Crippen LogP contribution in [0.3, 0.4) is 0 Å². The molecule has 1 aromatic carbocycles. The van der Waals surface area contributed by atoms with Crippen LogP contribution in [0, 0.1) is 23.2 Å². The summed E-state index contributed by atoms with van der Waals surface area (Å²) in [5, 5.41) is 18.4. The third-order valence-electron chi connectivity index (χ3n) is 5.37. The van der Waals surface area contributed by atoms with Crippen molar-refractivity contribution < 1.29 is 32.6 Å². The van der Waals surface area contributed by atoms with Crippen molar-refractivity contribution >= 4 is 17.5 Å². The second-order valence-electron chi connectivity index (χ2n) is 7.23. The van der Waals surface area contributed by atoms with Gasteiger partial charge in [-0.2, -0.15) is 18.4 Å². The summed E-state index contributed by atoms with van der Waals surface area (Å²) in [4.78, 5) is 26.7. The van der Waals surface area contributed by atoms with Gasteiger partial charge in [0.2, 0.25) is 11.8 Å². The lowest BCUT2D eigenvalue weighted by molar-refractivity contribution is -0.138. The number of halogens is 3. The largest absolute Gasteiger partial charge is 0.417 e. The first-order valence-corrected chi connectivity index (χ1v) is 9.03. The Balaban J connectivity index is 2.05. The van der Waals surface area contributed by atoms with Crippen molar-refractivity contribution in [2.45, 2.75) is 38.1 Å². The number of benzene rings is 1. The second-order valence-corrected chi connectivity index (χ2v) is 7.23. The predicted octanol–water partition coefficient (Wildman–Crippen LogP) is 2.80. The van der Waals surface area contributed by atoms with Gasteiger partial charge in [0.1, 0.15) is 5.60 Å². The van der Waals surface area contributed by atoms with Crippen molar-refractivity contribution in [3.05, 3.63) is 41.5 Å². The van der Waals surface area contributed by atoms with Crippen molar-refractivity contribution in [2.75, 3.05) is 11.5 Å². The van der Waals surface area contributed by atoms with Gasteiger partial charge in [-0.1, -0.05) is 19.1 Å². The second kappa shape index (κ2) is 7.28. The SMILES string of the molecule is CC1C=CC(CCO)([C@@H]2C(=O)N(c3ccc(C#N)c(C(F)(F)F)c3)C(=O)[C@@H]2C)O1. The van der Waals surface area contributed by atoms with Gasteiger partial charge in [0.15, 0.2) is 0 Å². The average Bonchev–Trinajstić information content (AvgIpc) is 3.12. The van der Waals surface area contributed by atoms with Crippen molar-refractivity contribution in [1.82, 2.24) is 0 Å². The first-order chi connectivity index (χ1) is 13.6. The van der Waals surface area contributed by atoms with Crippen LogP contribution in [0.1, 0.15) is 31.4 Å². The standard InChI is InChI=1S/C20H19F3N2O4/c1-11-5-6-19(29-11,7-8-26)16-12(2)17(27)25(18(16)28)14-4-3-13(10-24)15(9-14)20(21,22)23/h3-6,9,11-12,16,26H,7-8H2,1-2H3/t11?,12-,16+,19?/m1/s1. The summed E-state index contributed by atoms with van der Waals surface area (Å²) in [5.74, 6) is -3.22. The summed E-state index contributed by atoms with van der Waals surface area (Å²) in [6.07, 6.45) is -1.73. The van der Waals surface area contributed by atoms with Crippen LogP contribution in [0.2, 0.25) is 0 Å². The van der Waals surface area contributed by atoms with Crippen molar-refractivity contribution in [2.24, 2.45) is 11.8 Å².